The summed E-state index contributed by atoms with van der Waals surface area (Å²) in [5.74, 6) is 0. The van der Waals surface area contributed by atoms with Crippen molar-refractivity contribution in [2.45, 2.75) is 71.6 Å². The SMILES string of the molecule is CCCCP(C(C)(C)C)C(C)(C)C.CS(=O)(=O)O.[NH-]c1ccccc1-c1[c-]cccc1.[Pd+2]. The molecule has 2 N–H and O–H groups in total. The van der Waals surface area contributed by atoms with Crippen molar-refractivity contribution in [3.63, 3.8) is 0 Å². The molecule has 0 aliphatic carbocycles. The van der Waals surface area contributed by atoms with Gasteiger partial charge < -0.3 is 5.73 Å². The zero-order valence-corrected chi connectivity index (χ0v) is 23.9. The van der Waals surface area contributed by atoms with Crippen molar-refractivity contribution < 1.29 is 33.4 Å². The zero-order valence-electron chi connectivity index (χ0n) is 20.7. The van der Waals surface area contributed by atoms with Gasteiger partial charge in [0.25, 0.3) is 10.1 Å². The van der Waals surface area contributed by atoms with Gasteiger partial charge in [0, 0.05) is 0 Å². The second kappa shape index (κ2) is 15.2. The first-order chi connectivity index (χ1) is 14.1. The van der Waals surface area contributed by atoms with E-state index in [1.807, 2.05) is 42.5 Å². The average Bonchev–Trinajstić information content (AvgIpc) is 2.60. The third kappa shape index (κ3) is 15.9. The molecule has 0 spiro atoms. The van der Waals surface area contributed by atoms with Crippen LogP contribution >= 0.6 is 7.92 Å². The van der Waals surface area contributed by atoms with Crippen molar-refractivity contribution >= 4 is 23.7 Å². The molecule has 0 unspecified atom stereocenters. The normalized spacial score (nSPS) is 11.4. The topological polar surface area (TPSA) is 78.2 Å². The molecular weight excluding hydrogens is 532 g/mol. The fourth-order valence-electron chi connectivity index (χ4n) is 3.27. The molecule has 32 heavy (non-hydrogen) atoms. The summed E-state index contributed by atoms with van der Waals surface area (Å²) < 4.78 is 25.9. The van der Waals surface area contributed by atoms with Crippen molar-refractivity contribution in [1.82, 2.24) is 0 Å². The maximum atomic E-state index is 9.19. The molecule has 0 saturated heterocycles. The summed E-state index contributed by atoms with van der Waals surface area (Å²) in [5, 5.41) is 1.03. The molecule has 0 saturated carbocycles. The van der Waals surface area contributed by atoms with Gasteiger partial charge in [0.2, 0.25) is 0 Å². The van der Waals surface area contributed by atoms with Gasteiger partial charge in [-0.25, -0.2) is 0 Å². The number of unbranched alkanes of at least 4 members (excludes halogenated alkanes) is 1. The van der Waals surface area contributed by atoms with Crippen LogP contribution in [-0.4, -0.2) is 35.7 Å². The second-order valence-corrected chi connectivity index (χ2v) is 14.9. The summed E-state index contributed by atoms with van der Waals surface area (Å²) in [7, 11) is -3.52. The molecule has 7 heteroatoms. The van der Waals surface area contributed by atoms with E-state index in [-0.39, 0.29) is 28.3 Å². The maximum Gasteiger partial charge on any atom is 2.00 e. The molecular formula is C25H40NO3PPdS. The number of rotatable bonds is 4. The first kappa shape index (κ1) is 33.4. The Kier molecular flexibility index (Phi) is 15.9. The van der Waals surface area contributed by atoms with Gasteiger partial charge in [-0.05, 0) is 22.9 Å². The molecule has 0 aliphatic rings. The number of benzene rings is 2. The van der Waals surface area contributed by atoms with Crippen molar-refractivity contribution in [2.75, 3.05) is 12.4 Å². The maximum absolute atomic E-state index is 9.19. The summed E-state index contributed by atoms with van der Waals surface area (Å²) in [6, 6.07) is 18.4. The minimum atomic E-state index is -3.67. The molecule has 0 amide bonds. The standard InChI is InChI=1S/C12H9N.C12H27P.CH4O3S.Pd/c13-12-9-5-4-8-11(12)10-6-2-1-3-7-10;1-8-9-10-13(11(2,3)4)12(5,6)7;1-5(2,3)4;/h1-6,8-9,13H;8-10H2,1-7H3;1H3,(H,2,3,4);/q-2;;;+2. The molecule has 4 nitrogen and oxygen atoms in total. The van der Waals surface area contributed by atoms with Gasteiger partial charge in [0.05, 0.1) is 6.26 Å². The van der Waals surface area contributed by atoms with Crippen LogP contribution in [0.5, 0.6) is 0 Å². The van der Waals surface area contributed by atoms with E-state index in [9.17, 15) is 8.42 Å². The van der Waals surface area contributed by atoms with Gasteiger partial charge in [0.15, 0.2) is 0 Å². The molecule has 0 aromatic heterocycles. The van der Waals surface area contributed by atoms with Crippen molar-refractivity contribution in [3.05, 3.63) is 60.3 Å². The number of nitrogens with one attached hydrogen (secondary N) is 1. The predicted octanol–water partition coefficient (Wildman–Crippen LogP) is 8.20. The minimum Gasteiger partial charge on any atom is -0.706 e. The largest absolute Gasteiger partial charge is 2.00 e. The summed E-state index contributed by atoms with van der Waals surface area (Å²) in [6.45, 7) is 16.7. The zero-order chi connectivity index (χ0) is 24.3. The Morgan fingerprint density at radius 2 is 1.44 bits per heavy atom. The van der Waals surface area contributed by atoms with Gasteiger partial charge in [-0.1, -0.05) is 87.1 Å². The molecule has 0 heterocycles. The second-order valence-electron chi connectivity index (χ2n) is 9.40. The first-order valence-electron chi connectivity index (χ1n) is 10.5. The molecule has 0 fully saturated rings. The third-order valence-electron chi connectivity index (χ3n) is 4.28. The Balaban J connectivity index is 0. The Bertz CT molecular complexity index is 839. The van der Waals surface area contributed by atoms with E-state index in [2.05, 4.69) is 54.5 Å². The van der Waals surface area contributed by atoms with E-state index in [0.717, 1.165) is 11.1 Å². The van der Waals surface area contributed by atoms with Crippen LogP contribution in [0.2, 0.25) is 0 Å². The van der Waals surface area contributed by atoms with Crippen LogP contribution in [-0.2, 0) is 30.5 Å². The van der Waals surface area contributed by atoms with E-state index in [1.54, 1.807) is 6.07 Å². The van der Waals surface area contributed by atoms with Gasteiger partial charge in [-0.2, -0.15) is 14.1 Å². The van der Waals surface area contributed by atoms with Gasteiger partial charge >= 0.3 is 20.4 Å². The Labute approximate surface area is 211 Å². The van der Waals surface area contributed by atoms with Crippen molar-refractivity contribution in [2.24, 2.45) is 0 Å². The molecule has 184 valence electrons. The molecule has 0 atom stereocenters. The van der Waals surface area contributed by atoms with Crippen molar-refractivity contribution in [1.29, 1.82) is 0 Å². The van der Waals surface area contributed by atoms with Gasteiger partial charge in [-0.3, -0.25) is 4.55 Å². The average molecular weight is 572 g/mol. The summed E-state index contributed by atoms with van der Waals surface area (Å²) in [6.07, 6.45) is 4.90. The smallest absolute Gasteiger partial charge is 0.706 e. The Morgan fingerprint density at radius 1 is 0.969 bits per heavy atom. The van der Waals surface area contributed by atoms with E-state index >= 15 is 0 Å². The Morgan fingerprint density at radius 3 is 1.81 bits per heavy atom. The van der Waals surface area contributed by atoms with Gasteiger partial charge in [-0.15, -0.1) is 41.5 Å². The van der Waals surface area contributed by atoms with E-state index in [4.69, 9.17) is 10.3 Å². The molecule has 0 radical (unpaired) electrons. The quantitative estimate of drug-likeness (QED) is 0.174. The molecule has 2 aromatic rings. The van der Waals surface area contributed by atoms with Crippen LogP contribution in [0.25, 0.3) is 16.9 Å². The Hall–Kier alpha value is -0.758. The van der Waals surface area contributed by atoms with Crippen LogP contribution in [0.3, 0.4) is 0 Å². The van der Waals surface area contributed by atoms with E-state index in [1.165, 1.54) is 19.0 Å². The minimum absolute atomic E-state index is 0. The first-order valence-corrected chi connectivity index (χ1v) is 13.9. The third-order valence-corrected chi connectivity index (χ3v) is 8.28. The number of hydrogen-bond acceptors (Lipinski definition) is 2. The summed E-state index contributed by atoms with van der Waals surface area (Å²) in [4.78, 5) is 0. The van der Waals surface area contributed by atoms with Crippen LogP contribution in [0, 0.1) is 6.07 Å². The fourth-order valence-corrected chi connectivity index (χ4v) is 7.26. The van der Waals surface area contributed by atoms with Crippen LogP contribution in [0.15, 0.2) is 48.5 Å². The van der Waals surface area contributed by atoms with E-state index in [0.29, 0.717) is 22.3 Å². The van der Waals surface area contributed by atoms with Gasteiger partial charge in [0.1, 0.15) is 0 Å². The molecule has 0 bridgehead atoms. The monoisotopic (exact) mass is 571 g/mol. The fraction of sp³-hybridized carbons (Fsp3) is 0.520. The van der Waals surface area contributed by atoms with Crippen LogP contribution < -0.4 is 0 Å². The molecule has 2 rings (SSSR count). The molecule has 2 aromatic carbocycles. The molecule has 0 aliphatic heterocycles. The van der Waals surface area contributed by atoms with Crippen molar-refractivity contribution in [3.8, 4) is 11.1 Å². The summed E-state index contributed by atoms with van der Waals surface area (Å²) in [5.41, 5.74) is 10.1. The predicted molar refractivity (Wildman–Crippen MR) is 138 cm³/mol. The van der Waals surface area contributed by atoms with Crippen LogP contribution in [0.1, 0.15) is 61.3 Å². The van der Waals surface area contributed by atoms with Crippen LogP contribution in [0.4, 0.5) is 5.69 Å². The summed E-state index contributed by atoms with van der Waals surface area (Å²) >= 11 is 0. The number of hydrogen-bond donors (Lipinski definition) is 1. The van der Waals surface area contributed by atoms with E-state index < -0.39 is 10.1 Å².